The molecular formula is C27H33N5O4S. The minimum absolute atomic E-state index is 0.00878. The maximum atomic E-state index is 13.5. The highest BCUT2D eigenvalue weighted by Gasteiger charge is 2.29. The van der Waals surface area contributed by atoms with Crippen molar-refractivity contribution in [2.45, 2.75) is 31.6 Å². The van der Waals surface area contributed by atoms with Gasteiger partial charge in [-0.05, 0) is 62.6 Å². The van der Waals surface area contributed by atoms with Gasteiger partial charge in [-0.3, -0.25) is 4.79 Å². The smallest absolute Gasteiger partial charge is 0.262 e. The minimum Gasteiger partial charge on any atom is -0.379 e. The van der Waals surface area contributed by atoms with Crippen LogP contribution >= 0.6 is 0 Å². The molecule has 1 N–H and O–H groups in total. The number of aryl methyl sites for hydroxylation is 1. The quantitative estimate of drug-likeness (QED) is 0.324. The predicted molar refractivity (Wildman–Crippen MR) is 143 cm³/mol. The number of sulfonamides is 1. The fraction of sp³-hybridized carbons (Fsp3) is 0.407. The van der Waals surface area contributed by atoms with Crippen LogP contribution in [0, 0.1) is 25.2 Å². The molecule has 2 aliphatic rings. The first kappa shape index (κ1) is 26.7. The lowest BCUT2D eigenvalue weighted by Crippen LogP contribution is -2.40. The minimum atomic E-state index is -3.69. The second-order valence-corrected chi connectivity index (χ2v) is 11.1. The number of nitrogens with one attached hydrogen (secondary N) is 1. The Hall–Kier alpha value is -3.39. The molecule has 9 nitrogen and oxygen atoms in total. The molecule has 1 aromatic carbocycles. The van der Waals surface area contributed by atoms with E-state index in [1.54, 1.807) is 24.3 Å². The SMILES string of the molecule is C=CCNC(=O)/C(C#N)=C/c1cc(C)n(-c2cc(S(=O)(=O)N3CCOCC3)ccc2N2CCCC2)c1C. The van der Waals surface area contributed by atoms with E-state index in [2.05, 4.69) is 16.8 Å². The topological polar surface area (TPSA) is 108 Å². The molecule has 0 spiro atoms. The number of nitriles is 1. The summed E-state index contributed by atoms with van der Waals surface area (Å²) in [6, 6.07) is 9.21. The lowest BCUT2D eigenvalue weighted by atomic mass is 10.1. The molecule has 2 saturated heterocycles. The van der Waals surface area contributed by atoms with E-state index in [4.69, 9.17) is 4.74 Å². The van der Waals surface area contributed by atoms with E-state index in [1.807, 2.05) is 36.6 Å². The van der Waals surface area contributed by atoms with E-state index in [0.29, 0.717) is 26.3 Å². The summed E-state index contributed by atoms with van der Waals surface area (Å²) in [4.78, 5) is 14.9. The molecule has 0 radical (unpaired) electrons. The Kier molecular flexibility index (Phi) is 8.17. The van der Waals surface area contributed by atoms with Crippen molar-refractivity contribution in [3.05, 3.63) is 59.4 Å². The number of amides is 1. The zero-order chi connectivity index (χ0) is 26.6. The van der Waals surface area contributed by atoms with E-state index in [-0.39, 0.29) is 17.0 Å². The second-order valence-electron chi connectivity index (χ2n) is 9.19. The highest BCUT2D eigenvalue weighted by molar-refractivity contribution is 7.89. The van der Waals surface area contributed by atoms with Gasteiger partial charge in [-0.1, -0.05) is 6.08 Å². The van der Waals surface area contributed by atoms with Crippen molar-refractivity contribution in [3.63, 3.8) is 0 Å². The highest BCUT2D eigenvalue weighted by Crippen LogP contribution is 2.34. The van der Waals surface area contributed by atoms with Gasteiger partial charge in [0.15, 0.2) is 0 Å². The zero-order valence-electron chi connectivity index (χ0n) is 21.4. The van der Waals surface area contributed by atoms with Gasteiger partial charge >= 0.3 is 0 Å². The summed E-state index contributed by atoms with van der Waals surface area (Å²) in [7, 11) is -3.69. The maximum Gasteiger partial charge on any atom is 0.262 e. The van der Waals surface area contributed by atoms with Crippen LogP contribution in [-0.4, -0.2) is 69.1 Å². The molecule has 4 rings (SSSR count). The van der Waals surface area contributed by atoms with Crippen LogP contribution in [0.4, 0.5) is 5.69 Å². The van der Waals surface area contributed by atoms with Crippen LogP contribution in [0.5, 0.6) is 0 Å². The third kappa shape index (κ3) is 5.49. The van der Waals surface area contributed by atoms with Crippen LogP contribution in [-0.2, 0) is 19.6 Å². The van der Waals surface area contributed by atoms with Gasteiger partial charge in [0.2, 0.25) is 10.0 Å². The highest BCUT2D eigenvalue weighted by atomic mass is 32.2. The molecule has 1 amide bonds. The van der Waals surface area contributed by atoms with Crippen LogP contribution in [0.25, 0.3) is 11.8 Å². The number of ether oxygens (including phenoxy) is 1. The average Bonchev–Trinajstić information content (AvgIpc) is 3.53. The number of hydrogen-bond acceptors (Lipinski definition) is 6. The van der Waals surface area contributed by atoms with Gasteiger partial charge in [-0.25, -0.2) is 8.42 Å². The Morgan fingerprint density at radius 2 is 1.84 bits per heavy atom. The molecule has 2 fully saturated rings. The van der Waals surface area contributed by atoms with Crippen molar-refractivity contribution in [2.24, 2.45) is 0 Å². The maximum absolute atomic E-state index is 13.5. The summed E-state index contributed by atoms with van der Waals surface area (Å²) >= 11 is 0. The Bertz CT molecular complexity index is 1360. The van der Waals surface area contributed by atoms with Crippen LogP contribution < -0.4 is 10.2 Å². The van der Waals surface area contributed by atoms with E-state index in [9.17, 15) is 18.5 Å². The zero-order valence-corrected chi connectivity index (χ0v) is 22.2. The van der Waals surface area contributed by atoms with Crippen LogP contribution in [0.15, 0.2) is 47.4 Å². The second kappa shape index (κ2) is 11.3. The first-order valence-corrected chi connectivity index (χ1v) is 13.9. The van der Waals surface area contributed by atoms with E-state index in [0.717, 1.165) is 54.3 Å². The Morgan fingerprint density at radius 3 is 2.49 bits per heavy atom. The monoisotopic (exact) mass is 523 g/mol. The van der Waals surface area contributed by atoms with Gasteiger partial charge in [0.05, 0.1) is 29.5 Å². The van der Waals surface area contributed by atoms with Crippen molar-refractivity contribution < 1.29 is 17.9 Å². The lowest BCUT2D eigenvalue weighted by Gasteiger charge is -2.28. The molecule has 3 heterocycles. The molecule has 2 aromatic rings. The molecule has 10 heteroatoms. The third-order valence-electron chi connectivity index (χ3n) is 6.78. The number of aromatic nitrogens is 1. The molecule has 0 atom stereocenters. The Labute approximate surface area is 218 Å². The largest absolute Gasteiger partial charge is 0.379 e. The normalized spacial score (nSPS) is 17.0. The van der Waals surface area contributed by atoms with E-state index < -0.39 is 15.9 Å². The van der Waals surface area contributed by atoms with Crippen LogP contribution in [0.1, 0.15) is 29.8 Å². The third-order valence-corrected chi connectivity index (χ3v) is 8.68. The molecule has 0 aliphatic carbocycles. The number of nitrogens with zero attached hydrogens (tertiary/aromatic N) is 4. The lowest BCUT2D eigenvalue weighted by molar-refractivity contribution is -0.116. The molecule has 1 aromatic heterocycles. The molecular weight excluding hydrogens is 490 g/mol. The predicted octanol–water partition coefficient (Wildman–Crippen LogP) is 2.92. The fourth-order valence-electron chi connectivity index (χ4n) is 4.87. The fourth-order valence-corrected chi connectivity index (χ4v) is 6.30. The summed E-state index contributed by atoms with van der Waals surface area (Å²) in [5, 5.41) is 12.2. The Balaban J connectivity index is 1.82. The number of benzene rings is 1. The number of carbonyl (C=O) groups is 1. The first-order chi connectivity index (χ1) is 17.8. The van der Waals surface area contributed by atoms with Crippen molar-refractivity contribution in [3.8, 4) is 11.8 Å². The molecule has 0 saturated carbocycles. The van der Waals surface area contributed by atoms with Crippen molar-refractivity contribution in [2.75, 3.05) is 50.8 Å². The summed E-state index contributed by atoms with van der Waals surface area (Å²) < 4.78 is 35.8. The van der Waals surface area contributed by atoms with Crippen LogP contribution in [0.3, 0.4) is 0 Å². The average molecular weight is 524 g/mol. The summed E-state index contributed by atoms with van der Waals surface area (Å²) in [6.45, 7) is 10.9. The van der Waals surface area contributed by atoms with Gasteiger partial charge in [0.1, 0.15) is 11.6 Å². The molecule has 0 unspecified atom stereocenters. The van der Waals surface area contributed by atoms with E-state index >= 15 is 0 Å². The van der Waals surface area contributed by atoms with Crippen molar-refractivity contribution in [1.82, 2.24) is 14.2 Å². The number of rotatable bonds is 8. The van der Waals surface area contributed by atoms with Crippen molar-refractivity contribution >= 4 is 27.7 Å². The van der Waals surface area contributed by atoms with Gasteiger partial charge in [0, 0.05) is 44.1 Å². The number of hydrogen-bond donors (Lipinski definition) is 1. The first-order valence-electron chi connectivity index (χ1n) is 12.4. The van der Waals surface area contributed by atoms with E-state index in [1.165, 1.54) is 4.31 Å². The molecule has 37 heavy (non-hydrogen) atoms. The summed E-state index contributed by atoms with van der Waals surface area (Å²) in [5.41, 5.74) is 4.11. The van der Waals surface area contributed by atoms with Gasteiger partial charge in [-0.2, -0.15) is 9.57 Å². The van der Waals surface area contributed by atoms with Crippen LogP contribution in [0.2, 0.25) is 0 Å². The number of carbonyl (C=O) groups excluding carboxylic acids is 1. The molecule has 196 valence electrons. The van der Waals surface area contributed by atoms with Crippen molar-refractivity contribution in [1.29, 1.82) is 5.26 Å². The summed E-state index contributed by atoms with van der Waals surface area (Å²) in [6.07, 6.45) is 5.28. The number of morpholine rings is 1. The molecule has 0 bridgehead atoms. The van der Waals surface area contributed by atoms with Gasteiger partial charge < -0.3 is 19.5 Å². The number of anilines is 1. The van der Waals surface area contributed by atoms with Gasteiger partial charge in [-0.15, -0.1) is 6.58 Å². The van der Waals surface area contributed by atoms with Gasteiger partial charge in [0.25, 0.3) is 5.91 Å². The Morgan fingerprint density at radius 1 is 1.14 bits per heavy atom. The molecule has 2 aliphatic heterocycles. The summed E-state index contributed by atoms with van der Waals surface area (Å²) in [5.74, 6) is -0.469. The standard InChI is InChI=1S/C27H33N5O4S/c1-4-9-29-27(33)23(19-28)17-22-16-20(2)32(21(22)3)26-18-24(7-8-25(26)30-10-5-6-11-30)37(34,35)31-12-14-36-15-13-31/h4,7-8,16-18H,1,5-6,9-15H2,2-3H3,(H,29,33)/b23-17+.